The fourth-order valence-electron chi connectivity index (χ4n) is 4.84. The van der Waals surface area contributed by atoms with Gasteiger partial charge in [-0.1, -0.05) is 48.5 Å². The predicted molar refractivity (Wildman–Crippen MR) is 149 cm³/mol. The lowest BCUT2D eigenvalue weighted by molar-refractivity contribution is 0.293. The van der Waals surface area contributed by atoms with Crippen molar-refractivity contribution in [2.45, 2.75) is 37.9 Å². The van der Waals surface area contributed by atoms with E-state index >= 15 is 0 Å². The molecule has 1 aliphatic heterocycles. The third-order valence-corrected chi connectivity index (χ3v) is 7.42. The summed E-state index contributed by atoms with van der Waals surface area (Å²) in [7, 11) is 2.10. The summed E-state index contributed by atoms with van der Waals surface area (Å²) in [5, 5.41) is 23.9. The standard InChI is InChI=1S/C23H19N5.C6H11BN2/c24-14-19-22(27-28(23(19)25)18-7-4-8-18)17-10-9-16-11-12-20(26-21(16)13-17)15-5-2-1-3-6-15;1-9-4-2-7(6-8)3-5-9/h1-3,5-6,9-13,18H,4,7-8,25H2;2-5H2,1H3. The zero-order valence-corrected chi connectivity index (χ0v) is 21.1. The molecule has 1 aliphatic carbocycles. The molecule has 2 fully saturated rings. The van der Waals surface area contributed by atoms with Gasteiger partial charge in [-0.2, -0.15) is 10.4 Å². The number of nitrogens with two attached hydrogens (primary N) is 1. The monoisotopic (exact) mass is 487 g/mol. The molecule has 0 unspecified atom stereocenters. The van der Waals surface area contributed by atoms with Crippen molar-refractivity contribution >= 4 is 23.4 Å². The second-order valence-electron chi connectivity index (χ2n) is 9.93. The van der Waals surface area contributed by atoms with E-state index in [1.165, 1.54) is 6.42 Å². The number of benzene rings is 2. The molecule has 2 aromatic heterocycles. The molecule has 0 bridgehead atoms. The summed E-state index contributed by atoms with van der Waals surface area (Å²) in [6.07, 6.45) is 5.44. The van der Waals surface area contributed by atoms with Crippen LogP contribution in [0.15, 0.2) is 60.7 Å². The topological polar surface area (TPSA) is 108 Å². The number of rotatable bonds is 3. The van der Waals surface area contributed by atoms with Crippen LogP contribution in [0.5, 0.6) is 0 Å². The molecule has 8 heteroatoms. The number of nitrogens with zero attached hydrogens (tertiary/aromatic N) is 6. The summed E-state index contributed by atoms with van der Waals surface area (Å²) >= 11 is 0. The van der Waals surface area contributed by atoms with Gasteiger partial charge in [-0.3, -0.25) is 0 Å². The van der Waals surface area contributed by atoms with Gasteiger partial charge < -0.3 is 10.6 Å². The van der Waals surface area contributed by atoms with Crippen LogP contribution >= 0.6 is 0 Å². The molecule has 184 valence electrons. The van der Waals surface area contributed by atoms with E-state index in [0.29, 0.717) is 29.8 Å². The maximum absolute atomic E-state index is 9.65. The molecule has 1 saturated heterocycles. The van der Waals surface area contributed by atoms with Gasteiger partial charge in [0.05, 0.1) is 17.3 Å². The Hall–Kier alpha value is -4.14. The first kappa shape index (κ1) is 24.6. The van der Waals surface area contributed by atoms with Crippen molar-refractivity contribution in [2.24, 2.45) is 0 Å². The van der Waals surface area contributed by atoms with Crippen LogP contribution in [0.3, 0.4) is 0 Å². The third-order valence-electron chi connectivity index (χ3n) is 7.42. The molecule has 1 saturated carbocycles. The first-order valence-electron chi connectivity index (χ1n) is 12.9. The Bertz CT molecular complexity index is 1470. The summed E-state index contributed by atoms with van der Waals surface area (Å²) < 4.78 is 1.83. The molecule has 37 heavy (non-hydrogen) atoms. The number of fused-ring (bicyclic) bond motifs is 1. The lowest BCUT2D eigenvalue weighted by Crippen LogP contribution is -2.33. The minimum absolute atomic E-state index is 0.309. The van der Waals surface area contributed by atoms with Gasteiger partial charge >= 0.3 is 0 Å². The Morgan fingerprint density at radius 3 is 2.35 bits per heavy atom. The van der Waals surface area contributed by atoms with Crippen molar-refractivity contribution in [2.75, 3.05) is 25.9 Å². The van der Waals surface area contributed by atoms with Crippen molar-refractivity contribution < 1.29 is 0 Å². The summed E-state index contributed by atoms with van der Waals surface area (Å²) in [6, 6.07) is 22.8. The van der Waals surface area contributed by atoms with Crippen molar-refractivity contribution in [3.63, 3.8) is 0 Å². The Morgan fingerprint density at radius 2 is 1.70 bits per heavy atom. The van der Waals surface area contributed by atoms with E-state index in [1.54, 1.807) is 0 Å². The highest BCUT2D eigenvalue weighted by Crippen LogP contribution is 2.37. The van der Waals surface area contributed by atoms with Crippen LogP contribution in [0.1, 0.15) is 30.9 Å². The Morgan fingerprint density at radius 1 is 0.973 bits per heavy atom. The summed E-state index contributed by atoms with van der Waals surface area (Å²) in [5.41, 5.74) is 11.1. The summed E-state index contributed by atoms with van der Waals surface area (Å²) in [4.78, 5) is 7.10. The molecule has 0 amide bonds. The first-order chi connectivity index (χ1) is 18.1. The molecule has 0 radical (unpaired) electrons. The van der Waals surface area contributed by atoms with E-state index < -0.39 is 0 Å². The number of aromatic nitrogens is 3. The number of pyridine rings is 1. The lowest BCUT2D eigenvalue weighted by Gasteiger charge is -2.26. The summed E-state index contributed by atoms with van der Waals surface area (Å²) in [5.74, 6) is 2.76. The molecular weight excluding hydrogens is 457 g/mol. The van der Waals surface area contributed by atoms with Crippen LogP contribution in [0.4, 0.5) is 5.82 Å². The van der Waals surface area contributed by atoms with Crippen LogP contribution in [0.25, 0.3) is 33.4 Å². The molecule has 3 heterocycles. The van der Waals surface area contributed by atoms with Crippen LogP contribution in [-0.2, 0) is 0 Å². The van der Waals surface area contributed by atoms with Gasteiger partial charge in [-0.25, -0.2) is 14.9 Å². The van der Waals surface area contributed by atoms with E-state index in [0.717, 1.165) is 66.3 Å². The molecule has 2 N–H and O–H groups in total. The molecule has 0 atom stereocenters. The van der Waals surface area contributed by atoms with Gasteiger partial charge in [0.25, 0.3) is 6.71 Å². The largest absolute Gasteiger partial charge is 0.383 e. The number of nitrogen functional groups attached to an aromatic ring is 1. The van der Waals surface area contributed by atoms with E-state index in [-0.39, 0.29) is 0 Å². The van der Waals surface area contributed by atoms with Crippen LogP contribution < -0.4 is 5.73 Å². The van der Waals surface area contributed by atoms with Gasteiger partial charge in [0.1, 0.15) is 23.1 Å². The zero-order valence-electron chi connectivity index (χ0n) is 21.1. The average Bonchev–Trinajstić information content (AvgIpc) is 3.24. The van der Waals surface area contributed by atoms with Gasteiger partial charge in [0, 0.05) is 22.5 Å². The van der Waals surface area contributed by atoms with E-state index in [2.05, 4.69) is 30.1 Å². The Balaban J connectivity index is 0.000000265. The second-order valence-corrected chi connectivity index (χ2v) is 9.93. The lowest BCUT2D eigenvalue weighted by atomic mass is 9.45. The quantitative estimate of drug-likeness (QED) is 0.386. The smallest absolute Gasteiger partial charge is 0.270 e. The highest BCUT2D eigenvalue weighted by Gasteiger charge is 2.26. The van der Waals surface area contributed by atoms with Crippen LogP contribution in [0.2, 0.25) is 12.6 Å². The number of hydrogen-bond donors (Lipinski definition) is 1. The fraction of sp³-hybridized carbons (Fsp3) is 0.310. The minimum Gasteiger partial charge on any atom is -0.383 e. The first-order valence-corrected chi connectivity index (χ1v) is 12.9. The number of nitriles is 2. The van der Waals surface area contributed by atoms with Gasteiger partial charge in [-0.05, 0) is 64.2 Å². The Labute approximate surface area is 218 Å². The van der Waals surface area contributed by atoms with E-state index in [1.807, 2.05) is 59.3 Å². The molecule has 4 aromatic rings. The predicted octanol–water partition coefficient (Wildman–Crippen LogP) is 5.43. The SMILES string of the molecule is CN1CCB(C#N)CC1.N#Cc1c(-c2ccc3ccc(-c4ccccc4)nc3c2)nn(C2CCC2)c1N. The average molecular weight is 487 g/mol. The number of anilines is 1. The zero-order chi connectivity index (χ0) is 25.8. The number of hydrogen-bond acceptors (Lipinski definition) is 6. The fourth-order valence-corrected chi connectivity index (χ4v) is 4.84. The summed E-state index contributed by atoms with van der Waals surface area (Å²) in [6.45, 7) is 2.53. The maximum Gasteiger partial charge on any atom is 0.270 e. The van der Waals surface area contributed by atoms with Crippen molar-refractivity contribution in [1.29, 1.82) is 10.5 Å². The van der Waals surface area contributed by atoms with Crippen molar-refractivity contribution in [3.05, 3.63) is 66.2 Å². The van der Waals surface area contributed by atoms with Gasteiger partial charge in [-0.15, -0.1) is 0 Å². The van der Waals surface area contributed by atoms with Crippen LogP contribution in [0, 0.1) is 22.6 Å². The Kier molecular flexibility index (Phi) is 7.21. The van der Waals surface area contributed by atoms with Gasteiger partial charge in [0.15, 0.2) is 0 Å². The molecular formula is C29H30BN7. The van der Waals surface area contributed by atoms with Gasteiger partial charge in [0.2, 0.25) is 0 Å². The highest BCUT2D eigenvalue weighted by molar-refractivity contribution is 6.67. The molecule has 0 spiro atoms. The molecule has 7 nitrogen and oxygen atoms in total. The molecule has 2 aliphatic rings. The molecule has 6 rings (SSSR count). The van der Waals surface area contributed by atoms with Crippen molar-refractivity contribution in [3.8, 4) is 34.6 Å². The maximum atomic E-state index is 9.65. The normalized spacial score (nSPS) is 15.8. The van der Waals surface area contributed by atoms with E-state index in [9.17, 15) is 5.26 Å². The minimum atomic E-state index is 0.309. The third kappa shape index (κ3) is 5.21. The second kappa shape index (κ2) is 10.9. The van der Waals surface area contributed by atoms with Crippen LogP contribution in [-0.4, -0.2) is 46.5 Å². The highest BCUT2D eigenvalue weighted by atomic mass is 15.3. The molecule has 2 aromatic carbocycles. The van der Waals surface area contributed by atoms with E-state index in [4.69, 9.17) is 21.1 Å². The van der Waals surface area contributed by atoms with Crippen molar-refractivity contribution in [1.82, 2.24) is 19.7 Å².